The van der Waals surface area contributed by atoms with Crippen molar-refractivity contribution in [3.63, 3.8) is 0 Å². The molecule has 0 fully saturated rings. The average molecular weight is 398 g/mol. The summed E-state index contributed by atoms with van der Waals surface area (Å²) in [6.07, 6.45) is 2.93. The lowest BCUT2D eigenvalue weighted by Gasteiger charge is -2.08. The van der Waals surface area contributed by atoms with Gasteiger partial charge in [0.15, 0.2) is 11.4 Å². The fourth-order valence-electron chi connectivity index (χ4n) is 3.89. The van der Waals surface area contributed by atoms with Crippen molar-refractivity contribution < 1.29 is 9.53 Å². The number of esters is 1. The molecule has 6 nitrogen and oxygen atoms in total. The Morgan fingerprint density at radius 1 is 0.967 bits per heavy atom. The predicted molar refractivity (Wildman–Crippen MR) is 117 cm³/mol. The van der Waals surface area contributed by atoms with Crippen molar-refractivity contribution in [3.05, 3.63) is 72.2 Å². The Kier molecular flexibility index (Phi) is 4.47. The number of fused-ring (bicyclic) bond motifs is 5. The molecule has 5 aromatic rings. The molecule has 5 rings (SSSR count). The number of carbonyl (C=O) groups is 1. The summed E-state index contributed by atoms with van der Waals surface area (Å²) in [6.45, 7) is 4.51. The lowest BCUT2D eigenvalue weighted by molar-refractivity contribution is -0.133. The molecule has 3 aromatic heterocycles. The van der Waals surface area contributed by atoms with E-state index in [1.54, 1.807) is 6.92 Å². The van der Waals surface area contributed by atoms with Crippen LogP contribution in [0.5, 0.6) is 5.75 Å². The van der Waals surface area contributed by atoms with Crippen molar-refractivity contribution in [1.29, 1.82) is 0 Å². The first-order chi connectivity index (χ1) is 14.7. The topological polar surface area (TPSA) is 61.4 Å². The van der Waals surface area contributed by atoms with Gasteiger partial charge in [0.25, 0.3) is 0 Å². The van der Waals surface area contributed by atoms with E-state index in [0.29, 0.717) is 18.7 Å². The highest BCUT2D eigenvalue weighted by Crippen LogP contribution is 2.34. The van der Waals surface area contributed by atoms with Crippen LogP contribution in [0.4, 0.5) is 0 Å². The van der Waals surface area contributed by atoms with Crippen LogP contribution in [-0.4, -0.2) is 24.9 Å². The van der Waals surface area contributed by atoms with E-state index in [4.69, 9.17) is 14.7 Å². The summed E-state index contributed by atoms with van der Waals surface area (Å²) in [6, 6.07) is 18.2. The SMILES string of the molecule is CCC(=O)Oc1cn(Cc2ccccc2)c2nc(CC)n3c4ccccc4nc3c12. The van der Waals surface area contributed by atoms with Crippen LogP contribution in [0.3, 0.4) is 0 Å². The van der Waals surface area contributed by atoms with Crippen LogP contribution in [0.25, 0.3) is 27.7 Å². The number of hydrogen-bond acceptors (Lipinski definition) is 4. The van der Waals surface area contributed by atoms with Crippen molar-refractivity contribution in [2.24, 2.45) is 0 Å². The lowest BCUT2D eigenvalue weighted by atomic mass is 10.2. The van der Waals surface area contributed by atoms with E-state index in [1.807, 2.05) is 53.2 Å². The van der Waals surface area contributed by atoms with Crippen molar-refractivity contribution in [1.82, 2.24) is 18.9 Å². The maximum absolute atomic E-state index is 12.1. The molecule has 0 bridgehead atoms. The number of nitrogens with zero attached hydrogens (tertiary/aromatic N) is 4. The Morgan fingerprint density at radius 2 is 1.73 bits per heavy atom. The van der Waals surface area contributed by atoms with Crippen LogP contribution in [0.2, 0.25) is 0 Å². The van der Waals surface area contributed by atoms with Crippen LogP contribution >= 0.6 is 0 Å². The fourth-order valence-corrected chi connectivity index (χ4v) is 3.89. The molecule has 0 unspecified atom stereocenters. The summed E-state index contributed by atoms with van der Waals surface area (Å²) in [4.78, 5) is 22.0. The lowest BCUT2D eigenvalue weighted by Crippen LogP contribution is -2.06. The van der Waals surface area contributed by atoms with Gasteiger partial charge in [-0.05, 0) is 17.7 Å². The van der Waals surface area contributed by atoms with Gasteiger partial charge in [0.1, 0.15) is 16.9 Å². The zero-order valence-corrected chi connectivity index (χ0v) is 17.0. The van der Waals surface area contributed by atoms with Crippen LogP contribution in [0.1, 0.15) is 31.7 Å². The average Bonchev–Trinajstić information content (AvgIpc) is 3.32. The zero-order valence-electron chi connectivity index (χ0n) is 17.0. The summed E-state index contributed by atoms with van der Waals surface area (Å²) >= 11 is 0. The van der Waals surface area contributed by atoms with E-state index in [-0.39, 0.29) is 5.97 Å². The van der Waals surface area contributed by atoms with E-state index in [1.165, 1.54) is 0 Å². The number of carbonyl (C=O) groups excluding carboxylic acids is 1. The van der Waals surface area contributed by atoms with E-state index in [9.17, 15) is 4.79 Å². The number of imidazole rings is 1. The quantitative estimate of drug-likeness (QED) is 0.400. The van der Waals surface area contributed by atoms with E-state index in [0.717, 1.165) is 45.5 Å². The minimum Gasteiger partial charge on any atom is -0.424 e. The molecule has 6 heteroatoms. The molecule has 0 radical (unpaired) electrons. The molecule has 0 amide bonds. The highest BCUT2D eigenvalue weighted by Gasteiger charge is 2.21. The molecule has 0 saturated heterocycles. The molecule has 3 heterocycles. The van der Waals surface area contributed by atoms with E-state index < -0.39 is 0 Å². The van der Waals surface area contributed by atoms with E-state index >= 15 is 0 Å². The monoisotopic (exact) mass is 398 g/mol. The predicted octanol–water partition coefficient (Wildman–Crippen LogP) is 4.76. The largest absolute Gasteiger partial charge is 0.424 e. The Labute approximate surface area is 173 Å². The molecule has 0 saturated carbocycles. The first kappa shape index (κ1) is 18.4. The summed E-state index contributed by atoms with van der Waals surface area (Å²) < 4.78 is 9.84. The fraction of sp³-hybridized carbons (Fsp3) is 0.208. The van der Waals surface area contributed by atoms with Crippen LogP contribution in [0, 0.1) is 0 Å². The van der Waals surface area contributed by atoms with Gasteiger partial charge in [0.05, 0.1) is 11.0 Å². The molecule has 0 aliphatic heterocycles. The number of rotatable bonds is 5. The van der Waals surface area contributed by atoms with Crippen LogP contribution in [0.15, 0.2) is 60.8 Å². The standard InChI is InChI=1S/C24H22N4O2/c1-3-20-26-23-22(24-25-17-12-8-9-13-18(17)28(20)24)19(30-21(29)4-2)15-27(23)14-16-10-6-5-7-11-16/h5-13,15H,3-4,14H2,1-2H3. The Balaban J connectivity index is 1.83. The van der Waals surface area contributed by atoms with Gasteiger partial charge in [-0.25, -0.2) is 9.97 Å². The number of para-hydroxylation sites is 2. The van der Waals surface area contributed by atoms with Gasteiger partial charge in [-0.1, -0.05) is 56.3 Å². The molecule has 0 atom stereocenters. The van der Waals surface area contributed by atoms with Gasteiger partial charge in [0, 0.05) is 25.6 Å². The van der Waals surface area contributed by atoms with Crippen molar-refractivity contribution >= 4 is 33.7 Å². The first-order valence-corrected chi connectivity index (χ1v) is 10.2. The summed E-state index contributed by atoms with van der Waals surface area (Å²) in [5, 5.41) is 0.765. The Morgan fingerprint density at radius 3 is 2.50 bits per heavy atom. The van der Waals surface area contributed by atoms with Gasteiger partial charge in [-0.15, -0.1) is 0 Å². The minimum atomic E-state index is -0.275. The Hall–Kier alpha value is -3.67. The maximum Gasteiger partial charge on any atom is 0.310 e. The summed E-state index contributed by atoms with van der Waals surface area (Å²) in [7, 11) is 0. The molecular weight excluding hydrogens is 376 g/mol. The summed E-state index contributed by atoms with van der Waals surface area (Å²) in [5.74, 6) is 1.15. The normalized spacial score (nSPS) is 11.5. The Bertz CT molecular complexity index is 1380. The van der Waals surface area contributed by atoms with Gasteiger partial charge < -0.3 is 9.30 Å². The molecule has 30 heavy (non-hydrogen) atoms. The molecule has 0 spiro atoms. The third kappa shape index (κ3) is 2.92. The highest BCUT2D eigenvalue weighted by molar-refractivity contribution is 6.01. The van der Waals surface area contributed by atoms with Crippen molar-refractivity contribution in [3.8, 4) is 5.75 Å². The first-order valence-electron chi connectivity index (χ1n) is 10.2. The second-order valence-electron chi connectivity index (χ2n) is 7.27. The van der Waals surface area contributed by atoms with E-state index in [2.05, 4.69) is 23.5 Å². The van der Waals surface area contributed by atoms with Gasteiger partial charge in [0.2, 0.25) is 0 Å². The highest BCUT2D eigenvalue weighted by atomic mass is 16.5. The summed E-state index contributed by atoms with van der Waals surface area (Å²) in [5.41, 5.74) is 4.59. The number of benzene rings is 2. The molecule has 0 aliphatic rings. The minimum absolute atomic E-state index is 0.275. The second-order valence-corrected chi connectivity index (χ2v) is 7.27. The van der Waals surface area contributed by atoms with Crippen molar-refractivity contribution in [2.45, 2.75) is 33.2 Å². The van der Waals surface area contributed by atoms with Crippen LogP contribution in [-0.2, 0) is 17.8 Å². The molecule has 0 aliphatic carbocycles. The third-order valence-electron chi connectivity index (χ3n) is 5.32. The molecular formula is C24H22N4O2. The number of aryl methyl sites for hydroxylation is 1. The number of hydrogen-bond donors (Lipinski definition) is 0. The van der Waals surface area contributed by atoms with Crippen molar-refractivity contribution in [2.75, 3.05) is 0 Å². The number of aromatic nitrogens is 4. The molecule has 2 aromatic carbocycles. The zero-order chi connectivity index (χ0) is 20.7. The number of ether oxygens (including phenoxy) is 1. The van der Waals surface area contributed by atoms with Crippen LogP contribution < -0.4 is 4.74 Å². The second kappa shape index (κ2) is 7.30. The van der Waals surface area contributed by atoms with Gasteiger partial charge in [-0.3, -0.25) is 9.20 Å². The smallest absolute Gasteiger partial charge is 0.310 e. The third-order valence-corrected chi connectivity index (χ3v) is 5.32. The molecule has 150 valence electrons. The maximum atomic E-state index is 12.1. The van der Waals surface area contributed by atoms with Gasteiger partial charge in [-0.2, -0.15) is 0 Å². The molecule has 0 N–H and O–H groups in total. The van der Waals surface area contributed by atoms with Gasteiger partial charge >= 0.3 is 5.97 Å².